The molecule has 1 saturated carbocycles. The summed E-state index contributed by atoms with van der Waals surface area (Å²) >= 11 is 0. The van der Waals surface area contributed by atoms with Gasteiger partial charge in [0.25, 0.3) is 0 Å². The van der Waals surface area contributed by atoms with Crippen LogP contribution in [-0.2, 0) is 4.79 Å². The molecule has 2 unspecified atom stereocenters. The van der Waals surface area contributed by atoms with Crippen LogP contribution in [0.15, 0.2) is 0 Å². The Hall–Kier alpha value is -0.610. The van der Waals surface area contributed by atoms with Gasteiger partial charge in [-0.2, -0.15) is 0 Å². The van der Waals surface area contributed by atoms with E-state index >= 15 is 0 Å². The van der Waals surface area contributed by atoms with Gasteiger partial charge < -0.3 is 16.0 Å². The maximum absolute atomic E-state index is 11.9. The summed E-state index contributed by atoms with van der Waals surface area (Å²) in [6.45, 7) is 1.80. The van der Waals surface area contributed by atoms with Crippen LogP contribution >= 0.6 is 0 Å². The fourth-order valence-corrected chi connectivity index (χ4v) is 2.16. The number of nitrogens with one attached hydrogen (secondary N) is 1. The highest BCUT2D eigenvalue weighted by molar-refractivity contribution is 5.78. The molecular formula is C11H23N3O. The maximum atomic E-state index is 11.9. The molecule has 0 aromatic heterocycles. The lowest BCUT2D eigenvalue weighted by Crippen LogP contribution is -2.34. The van der Waals surface area contributed by atoms with E-state index in [-0.39, 0.29) is 17.9 Å². The molecule has 4 nitrogen and oxygen atoms in total. The second kappa shape index (κ2) is 6.08. The van der Waals surface area contributed by atoms with E-state index in [0.29, 0.717) is 0 Å². The van der Waals surface area contributed by atoms with Gasteiger partial charge in [-0.1, -0.05) is 0 Å². The fourth-order valence-electron chi connectivity index (χ4n) is 2.16. The summed E-state index contributed by atoms with van der Waals surface area (Å²) in [5.74, 6) is 0.457. The van der Waals surface area contributed by atoms with E-state index in [1.54, 1.807) is 0 Å². The van der Waals surface area contributed by atoms with Crippen LogP contribution in [0.4, 0.5) is 0 Å². The van der Waals surface area contributed by atoms with Gasteiger partial charge >= 0.3 is 0 Å². The van der Waals surface area contributed by atoms with E-state index < -0.39 is 0 Å². The van der Waals surface area contributed by atoms with Crippen molar-refractivity contribution in [3.8, 4) is 0 Å². The minimum atomic E-state index is 0.180. The third kappa shape index (κ3) is 3.80. The van der Waals surface area contributed by atoms with Crippen molar-refractivity contribution in [3.63, 3.8) is 0 Å². The maximum Gasteiger partial charge on any atom is 0.225 e. The van der Waals surface area contributed by atoms with Crippen LogP contribution in [0.1, 0.15) is 25.7 Å². The summed E-state index contributed by atoms with van der Waals surface area (Å²) in [6.07, 6.45) is 3.85. The van der Waals surface area contributed by atoms with Gasteiger partial charge in [-0.25, -0.2) is 0 Å². The summed E-state index contributed by atoms with van der Waals surface area (Å²) < 4.78 is 0. The summed E-state index contributed by atoms with van der Waals surface area (Å²) in [7, 11) is 3.82. The van der Waals surface area contributed by atoms with Gasteiger partial charge in [0.15, 0.2) is 0 Å². The van der Waals surface area contributed by atoms with E-state index in [0.717, 1.165) is 38.8 Å². The van der Waals surface area contributed by atoms with Gasteiger partial charge in [0.2, 0.25) is 5.91 Å². The van der Waals surface area contributed by atoms with Gasteiger partial charge in [0, 0.05) is 25.6 Å². The van der Waals surface area contributed by atoms with E-state index in [1.165, 1.54) is 0 Å². The van der Waals surface area contributed by atoms with Gasteiger partial charge in [-0.05, 0) is 39.3 Å². The Bertz CT molecular complexity index is 208. The first kappa shape index (κ1) is 12.5. The predicted molar refractivity (Wildman–Crippen MR) is 61.5 cm³/mol. The zero-order valence-corrected chi connectivity index (χ0v) is 9.83. The number of rotatable bonds is 5. The van der Waals surface area contributed by atoms with Crippen LogP contribution in [0.25, 0.3) is 0 Å². The molecule has 1 aliphatic rings. The number of amides is 1. The second-order valence-corrected chi connectivity index (χ2v) is 4.49. The van der Waals surface area contributed by atoms with E-state index in [1.807, 2.05) is 19.0 Å². The molecule has 4 heteroatoms. The molecule has 0 aliphatic heterocycles. The van der Waals surface area contributed by atoms with Crippen molar-refractivity contribution in [1.29, 1.82) is 0 Å². The highest BCUT2D eigenvalue weighted by Gasteiger charge is 2.29. The van der Waals surface area contributed by atoms with Crippen LogP contribution in [-0.4, -0.2) is 44.0 Å². The smallest absolute Gasteiger partial charge is 0.225 e. The highest BCUT2D eigenvalue weighted by atomic mass is 16.2. The molecule has 88 valence electrons. The number of nitrogens with zero attached hydrogens (tertiary/aromatic N) is 1. The fraction of sp³-hybridized carbons (Fsp3) is 0.909. The van der Waals surface area contributed by atoms with E-state index in [4.69, 9.17) is 5.73 Å². The standard InChI is InChI=1S/C11H23N3O/c1-13-6-3-7-14(2)11(15)9-4-5-10(12)8-9/h9-10,13H,3-8,12H2,1-2H3. The molecule has 1 amide bonds. The SMILES string of the molecule is CNCCCN(C)C(=O)C1CCC(N)C1. The molecule has 0 spiro atoms. The molecule has 1 fully saturated rings. The van der Waals surface area contributed by atoms with E-state index in [2.05, 4.69) is 5.32 Å². The number of carbonyl (C=O) groups excluding carboxylic acids is 1. The number of nitrogens with two attached hydrogens (primary N) is 1. The van der Waals surface area contributed by atoms with Crippen molar-refractivity contribution in [3.05, 3.63) is 0 Å². The van der Waals surface area contributed by atoms with Gasteiger partial charge in [-0.15, -0.1) is 0 Å². The van der Waals surface area contributed by atoms with Crippen LogP contribution in [0.5, 0.6) is 0 Å². The van der Waals surface area contributed by atoms with Crippen LogP contribution in [0.2, 0.25) is 0 Å². The third-order valence-electron chi connectivity index (χ3n) is 3.12. The normalized spacial score (nSPS) is 25.5. The molecular weight excluding hydrogens is 190 g/mol. The summed E-state index contributed by atoms with van der Waals surface area (Å²) in [5, 5.41) is 3.08. The molecule has 0 saturated heterocycles. The summed E-state index contributed by atoms with van der Waals surface area (Å²) in [6, 6.07) is 0.240. The topological polar surface area (TPSA) is 58.4 Å². The van der Waals surface area contributed by atoms with Crippen molar-refractivity contribution in [2.45, 2.75) is 31.7 Å². The zero-order valence-electron chi connectivity index (χ0n) is 9.83. The average Bonchev–Trinajstić information content (AvgIpc) is 2.64. The van der Waals surface area contributed by atoms with Crippen molar-refractivity contribution in [2.24, 2.45) is 11.7 Å². The molecule has 1 aliphatic carbocycles. The van der Waals surface area contributed by atoms with Crippen molar-refractivity contribution < 1.29 is 4.79 Å². The first-order valence-corrected chi connectivity index (χ1v) is 5.80. The zero-order chi connectivity index (χ0) is 11.3. The molecule has 1 rings (SSSR count). The largest absolute Gasteiger partial charge is 0.345 e. The molecule has 3 N–H and O–H groups in total. The predicted octanol–water partition coefficient (Wildman–Crippen LogP) is 0.182. The molecule has 15 heavy (non-hydrogen) atoms. The quantitative estimate of drug-likeness (QED) is 0.641. The monoisotopic (exact) mass is 213 g/mol. The van der Waals surface area contributed by atoms with Gasteiger partial charge in [0.1, 0.15) is 0 Å². The second-order valence-electron chi connectivity index (χ2n) is 4.49. The van der Waals surface area contributed by atoms with Crippen molar-refractivity contribution in [2.75, 3.05) is 27.2 Å². The lowest BCUT2D eigenvalue weighted by atomic mass is 10.1. The Balaban J connectivity index is 2.26. The first-order chi connectivity index (χ1) is 7.15. The lowest BCUT2D eigenvalue weighted by molar-refractivity contribution is -0.134. The van der Waals surface area contributed by atoms with Crippen molar-refractivity contribution >= 4 is 5.91 Å². The van der Waals surface area contributed by atoms with Crippen LogP contribution in [0, 0.1) is 5.92 Å². The lowest BCUT2D eigenvalue weighted by Gasteiger charge is -2.20. The molecule has 0 bridgehead atoms. The van der Waals surface area contributed by atoms with Gasteiger partial charge in [0.05, 0.1) is 0 Å². The third-order valence-corrected chi connectivity index (χ3v) is 3.12. The Labute approximate surface area is 92.2 Å². The molecule has 0 aromatic rings. The first-order valence-electron chi connectivity index (χ1n) is 5.80. The van der Waals surface area contributed by atoms with E-state index in [9.17, 15) is 4.79 Å². The number of hydrogen-bond acceptors (Lipinski definition) is 3. The van der Waals surface area contributed by atoms with Gasteiger partial charge in [-0.3, -0.25) is 4.79 Å². The molecule has 0 heterocycles. The summed E-state index contributed by atoms with van der Waals surface area (Å²) in [4.78, 5) is 13.8. The minimum absolute atomic E-state index is 0.180. The molecule has 0 aromatic carbocycles. The number of carbonyl (C=O) groups is 1. The molecule has 0 radical (unpaired) electrons. The Kier molecular flexibility index (Phi) is 5.05. The van der Waals surface area contributed by atoms with Crippen LogP contribution < -0.4 is 11.1 Å². The number of hydrogen-bond donors (Lipinski definition) is 2. The minimum Gasteiger partial charge on any atom is -0.345 e. The van der Waals surface area contributed by atoms with Crippen LogP contribution in [0.3, 0.4) is 0 Å². The highest BCUT2D eigenvalue weighted by Crippen LogP contribution is 2.25. The molecule has 2 atom stereocenters. The Morgan fingerprint density at radius 2 is 2.27 bits per heavy atom. The van der Waals surface area contributed by atoms with Crippen molar-refractivity contribution in [1.82, 2.24) is 10.2 Å². The average molecular weight is 213 g/mol. The Morgan fingerprint density at radius 3 is 2.80 bits per heavy atom. The Morgan fingerprint density at radius 1 is 1.53 bits per heavy atom. The summed E-state index contributed by atoms with van der Waals surface area (Å²) in [5.41, 5.74) is 5.80.